The molecule has 1 aliphatic rings. The fourth-order valence-corrected chi connectivity index (χ4v) is 4.17. The Morgan fingerprint density at radius 2 is 2.17 bits per heavy atom. The van der Waals surface area contributed by atoms with Gasteiger partial charge in [0.05, 0.1) is 39.9 Å². The summed E-state index contributed by atoms with van der Waals surface area (Å²) in [7, 11) is 0. The van der Waals surface area contributed by atoms with Crippen molar-refractivity contribution in [2.24, 2.45) is 0 Å². The van der Waals surface area contributed by atoms with E-state index < -0.39 is 0 Å². The fraction of sp³-hybridized carbons (Fsp3) is 0.450. The first-order valence-corrected chi connectivity index (χ1v) is 11.1. The molecular weight excluding hydrogens is 431 g/mol. The van der Waals surface area contributed by atoms with Gasteiger partial charge in [-0.15, -0.1) is 0 Å². The number of aryl methyl sites for hydroxylation is 2. The van der Waals surface area contributed by atoms with Crippen LogP contribution >= 0.6 is 35.0 Å². The summed E-state index contributed by atoms with van der Waals surface area (Å²) in [6, 6.07) is 5.69. The third-order valence-corrected chi connectivity index (χ3v) is 6.32. The van der Waals surface area contributed by atoms with Gasteiger partial charge in [-0.05, 0) is 31.5 Å². The van der Waals surface area contributed by atoms with Crippen molar-refractivity contribution in [3.05, 3.63) is 51.4 Å². The van der Waals surface area contributed by atoms with E-state index in [0.29, 0.717) is 28.9 Å². The number of rotatable bonds is 7. The summed E-state index contributed by atoms with van der Waals surface area (Å²) in [4.78, 5) is 23.2. The second-order valence-electron chi connectivity index (χ2n) is 6.97. The van der Waals surface area contributed by atoms with Crippen molar-refractivity contribution in [2.75, 3.05) is 32.0 Å². The maximum Gasteiger partial charge on any atom is 0.230 e. The van der Waals surface area contributed by atoms with Gasteiger partial charge in [-0.1, -0.05) is 41.0 Å². The van der Waals surface area contributed by atoms with E-state index in [9.17, 15) is 4.79 Å². The Kier molecular flexibility index (Phi) is 8.15. The molecule has 1 N–H and O–H groups in total. The second-order valence-corrected chi connectivity index (χ2v) is 8.75. The minimum absolute atomic E-state index is 0.0390. The van der Waals surface area contributed by atoms with Crippen LogP contribution in [0.25, 0.3) is 0 Å². The maximum absolute atomic E-state index is 12.2. The molecule has 1 aromatic heterocycles. The summed E-state index contributed by atoms with van der Waals surface area (Å²) in [6.45, 7) is 7.25. The first-order chi connectivity index (χ1) is 13.9. The number of nitrogens with zero attached hydrogens (tertiary/aromatic N) is 3. The first kappa shape index (κ1) is 22.3. The molecule has 0 radical (unpaired) electrons. The Bertz CT molecular complexity index is 868. The van der Waals surface area contributed by atoms with Crippen molar-refractivity contribution >= 4 is 40.9 Å². The van der Waals surface area contributed by atoms with Gasteiger partial charge in [0.1, 0.15) is 5.03 Å². The molecule has 6 nitrogen and oxygen atoms in total. The number of nitrogens with one attached hydrogen (secondary N) is 1. The zero-order valence-corrected chi connectivity index (χ0v) is 18.8. The summed E-state index contributed by atoms with van der Waals surface area (Å²) in [6.07, 6.45) is 1.69. The van der Waals surface area contributed by atoms with Gasteiger partial charge in [0.2, 0.25) is 5.91 Å². The van der Waals surface area contributed by atoms with Crippen molar-refractivity contribution < 1.29 is 9.53 Å². The van der Waals surface area contributed by atoms with Gasteiger partial charge in [-0.25, -0.2) is 4.98 Å². The average Bonchev–Trinajstić information content (AvgIpc) is 2.70. The van der Waals surface area contributed by atoms with Gasteiger partial charge in [0.25, 0.3) is 0 Å². The number of ether oxygens (including phenoxy) is 1. The van der Waals surface area contributed by atoms with E-state index in [4.69, 9.17) is 27.9 Å². The van der Waals surface area contributed by atoms with Gasteiger partial charge >= 0.3 is 0 Å². The minimum atomic E-state index is -0.0408. The van der Waals surface area contributed by atoms with Crippen LogP contribution in [0.1, 0.15) is 17.0 Å². The number of carbonyl (C=O) groups excluding carboxylic acids is 1. The predicted molar refractivity (Wildman–Crippen MR) is 117 cm³/mol. The van der Waals surface area contributed by atoms with Crippen LogP contribution < -0.4 is 5.32 Å². The number of amides is 1. The summed E-state index contributed by atoms with van der Waals surface area (Å²) in [5.74, 6) is 0.265. The number of benzene rings is 1. The van der Waals surface area contributed by atoms with Gasteiger partial charge < -0.3 is 10.1 Å². The van der Waals surface area contributed by atoms with Gasteiger partial charge in [-0.3, -0.25) is 14.7 Å². The van der Waals surface area contributed by atoms with Gasteiger partial charge in [0, 0.05) is 32.4 Å². The van der Waals surface area contributed by atoms with Gasteiger partial charge in [0.15, 0.2) is 0 Å². The molecule has 1 atom stereocenters. The smallest absolute Gasteiger partial charge is 0.230 e. The zero-order valence-electron chi connectivity index (χ0n) is 16.5. The van der Waals surface area contributed by atoms with Crippen molar-refractivity contribution in [1.82, 2.24) is 20.2 Å². The largest absolute Gasteiger partial charge is 0.374 e. The summed E-state index contributed by atoms with van der Waals surface area (Å²) in [5.41, 5.74) is 2.79. The van der Waals surface area contributed by atoms with E-state index in [-0.39, 0.29) is 12.0 Å². The van der Waals surface area contributed by atoms with E-state index in [1.54, 1.807) is 6.20 Å². The van der Waals surface area contributed by atoms with Crippen molar-refractivity contribution in [2.45, 2.75) is 31.5 Å². The van der Waals surface area contributed by atoms with Crippen LogP contribution in [0.15, 0.2) is 29.4 Å². The third-order valence-electron chi connectivity index (χ3n) is 4.51. The Morgan fingerprint density at radius 1 is 1.34 bits per heavy atom. The van der Waals surface area contributed by atoms with Crippen LogP contribution in [0.4, 0.5) is 0 Å². The maximum atomic E-state index is 12.2. The van der Waals surface area contributed by atoms with E-state index in [2.05, 4.69) is 20.2 Å². The molecule has 1 saturated heterocycles. The lowest BCUT2D eigenvalue weighted by Gasteiger charge is -2.33. The monoisotopic (exact) mass is 454 g/mol. The Balaban J connectivity index is 1.43. The highest BCUT2D eigenvalue weighted by Crippen LogP contribution is 2.23. The number of morpholine rings is 1. The number of aromatic nitrogens is 2. The van der Waals surface area contributed by atoms with Gasteiger partial charge in [-0.2, -0.15) is 0 Å². The first-order valence-electron chi connectivity index (χ1n) is 9.38. The van der Waals surface area contributed by atoms with E-state index >= 15 is 0 Å². The number of hydrogen-bond acceptors (Lipinski definition) is 6. The van der Waals surface area contributed by atoms with Crippen LogP contribution in [-0.2, 0) is 16.1 Å². The van der Waals surface area contributed by atoms with Crippen LogP contribution in [-0.4, -0.2) is 58.9 Å². The molecule has 0 spiro atoms. The lowest BCUT2D eigenvalue weighted by molar-refractivity contribution is -0.119. The average molecular weight is 455 g/mol. The van der Waals surface area contributed by atoms with Crippen molar-refractivity contribution in [1.29, 1.82) is 0 Å². The fourth-order valence-electron chi connectivity index (χ4n) is 3.01. The summed E-state index contributed by atoms with van der Waals surface area (Å²) < 4.78 is 5.80. The summed E-state index contributed by atoms with van der Waals surface area (Å²) in [5, 5.41) is 4.87. The van der Waals surface area contributed by atoms with Crippen LogP contribution in [0.3, 0.4) is 0 Å². The number of halogens is 2. The Hall–Kier alpha value is -1.38. The highest BCUT2D eigenvalue weighted by Gasteiger charge is 2.21. The Morgan fingerprint density at radius 3 is 2.97 bits per heavy atom. The van der Waals surface area contributed by atoms with Crippen LogP contribution in [0.5, 0.6) is 0 Å². The molecule has 1 aliphatic heterocycles. The predicted octanol–water partition coefficient (Wildman–Crippen LogP) is 3.51. The molecule has 2 aromatic rings. The highest BCUT2D eigenvalue weighted by molar-refractivity contribution is 7.99. The quantitative estimate of drug-likeness (QED) is 0.645. The highest BCUT2D eigenvalue weighted by atomic mass is 35.5. The molecule has 0 bridgehead atoms. The molecule has 0 aliphatic carbocycles. The standard InChI is InChI=1S/C20H24Cl2N4O2S/c1-13-8-23-14(2)20(25-13)29-12-19(27)24-9-16-11-26(5-6-28-16)10-15-3-4-17(21)18(22)7-15/h3-4,7-8,16H,5-6,9-12H2,1-2H3,(H,24,27)/t16-/m0/s1. The molecule has 0 saturated carbocycles. The second kappa shape index (κ2) is 10.6. The topological polar surface area (TPSA) is 67.4 Å². The molecule has 2 heterocycles. The lowest BCUT2D eigenvalue weighted by Crippen LogP contribution is -2.47. The molecule has 1 aromatic carbocycles. The molecule has 3 rings (SSSR count). The zero-order chi connectivity index (χ0) is 20.8. The molecule has 9 heteroatoms. The normalized spacial score (nSPS) is 17.3. The molecule has 156 valence electrons. The van der Waals surface area contributed by atoms with E-state index in [0.717, 1.165) is 41.6 Å². The van der Waals surface area contributed by atoms with Crippen molar-refractivity contribution in [3.8, 4) is 0 Å². The SMILES string of the molecule is Cc1cnc(C)c(SCC(=O)NC[C@H]2CN(Cc3ccc(Cl)c(Cl)c3)CCO2)n1. The third kappa shape index (κ3) is 6.83. The van der Waals surface area contributed by atoms with E-state index in [1.807, 2.05) is 32.0 Å². The Labute approximate surface area is 185 Å². The number of thioether (sulfide) groups is 1. The molecule has 29 heavy (non-hydrogen) atoms. The van der Waals surface area contributed by atoms with Crippen LogP contribution in [0.2, 0.25) is 10.0 Å². The number of carbonyl (C=O) groups is 1. The van der Waals surface area contributed by atoms with Crippen molar-refractivity contribution in [3.63, 3.8) is 0 Å². The molecule has 1 amide bonds. The lowest BCUT2D eigenvalue weighted by atomic mass is 10.2. The van der Waals surface area contributed by atoms with E-state index in [1.165, 1.54) is 11.8 Å². The molecule has 1 fully saturated rings. The molecular formula is C20H24Cl2N4O2S. The molecule has 0 unspecified atom stereocenters. The summed E-state index contributed by atoms with van der Waals surface area (Å²) >= 11 is 13.5. The van der Waals surface area contributed by atoms with Crippen LogP contribution in [0, 0.1) is 13.8 Å². The number of hydrogen-bond donors (Lipinski definition) is 1. The minimum Gasteiger partial charge on any atom is -0.374 e.